The number of fused-ring (bicyclic) bond motifs is 7. The van der Waals surface area contributed by atoms with Crippen LogP contribution in [0.2, 0.25) is 0 Å². The van der Waals surface area contributed by atoms with E-state index in [0.717, 1.165) is 5.56 Å². The first kappa shape index (κ1) is 37.9. The maximum Gasteiger partial charge on any atom is 0.248 e. The lowest BCUT2D eigenvalue weighted by Crippen LogP contribution is -2.65. The third kappa shape index (κ3) is 6.73. The fourth-order valence-electron chi connectivity index (χ4n) is 9.49. The van der Waals surface area contributed by atoms with Crippen molar-refractivity contribution in [3.8, 4) is 5.75 Å². The van der Waals surface area contributed by atoms with Crippen molar-refractivity contribution >= 4 is 41.1 Å². The molecule has 4 fully saturated rings. The number of para-hydroxylation sites is 1. The smallest absolute Gasteiger partial charge is 0.248 e. The van der Waals surface area contributed by atoms with Crippen LogP contribution in [-0.2, 0) is 47.2 Å². The molecule has 7 atom stereocenters. The molecule has 8 rings (SSSR count). The molecule has 0 spiro atoms. The molecule has 0 bridgehead atoms. The van der Waals surface area contributed by atoms with Gasteiger partial charge in [0.15, 0.2) is 0 Å². The molecule has 6 amide bonds. The summed E-state index contributed by atoms with van der Waals surface area (Å²) < 4.78 is 0. The molecule has 0 unspecified atom stereocenters. The molecule has 3 aromatic rings. The standard InChI is InChI=1S/C42H47N7O8/c1-41-42(57,28-11-5-6-12-29(28)46-41)23-34-40(56)48-20-7-13-32(48)36(52)43-24-35(51)44-30(21-25-9-3-2-4-10-25)38(54)47-19-8-14-33(47)37(53)45-31(39(55)49(34)41)22-26-15-17-27(50)18-16-26/h2-6,9-12,15-18,30-34,46,50,57H,7-8,13-14,19-24H2,1H3,(H,43,52)(H,44,51)(H,45,53)/t30-,31-,32-,33-,34-,41-,42+/m0/s1. The van der Waals surface area contributed by atoms with E-state index in [0.29, 0.717) is 42.5 Å². The first-order valence-corrected chi connectivity index (χ1v) is 19.6. The van der Waals surface area contributed by atoms with Gasteiger partial charge in [0.05, 0.1) is 6.54 Å². The normalized spacial score (nSPS) is 30.6. The van der Waals surface area contributed by atoms with E-state index in [1.54, 1.807) is 43.3 Å². The summed E-state index contributed by atoms with van der Waals surface area (Å²) in [6, 6.07) is 16.9. The highest BCUT2D eigenvalue weighted by molar-refractivity contribution is 5.99. The molecule has 4 saturated heterocycles. The van der Waals surface area contributed by atoms with Crippen molar-refractivity contribution in [2.24, 2.45) is 0 Å². The third-order valence-electron chi connectivity index (χ3n) is 12.4. The average molecular weight is 778 g/mol. The zero-order chi connectivity index (χ0) is 40.1. The number of nitrogens with one attached hydrogen (secondary N) is 4. The zero-order valence-electron chi connectivity index (χ0n) is 31.6. The number of carbonyl (C=O) groups excluding carboxylic acids is 6. The van der Waals surface area contributed by atoms with Crippen LogP contribution in [0, 0.1) is 0 Å². The Bertz CT molecular complexity index is 2100. The van der Waals surface area contributed by atoms with Gasteiger partial charge in [-0.05, 0) is 61.9 Å². The van der Waals surface area contributed by atoms with E-state index in [-0.39, 0.29) is 38.1 Å². The summed E-state index contributed by atoms with van der Waals surface area (Å²) in [5, 5.41) is 34.4. The number of aliphatic hydroxyl groups is 1. The average Bonchev–Trinajstić information content (AvgIpc) is 3.98. The minimum absolute atomic E-state index is 0.0102. The summed E-state index contributed by atoms with van der Waals surface area (Å²) in [6.45, 7) is 1.64. The fourth-order valence-corrected chi connectivity index (χ4v) is 9.49. The maximum atomic E-state index is 15.4. The van der Waals surface area contributed by atoms with E-state index < -0.39 is 83.5 Å². The van der Waals surface area contributed by atoms with Crippen LogP contribution in [0.4, 0.5) is 5.69 Å². The van der Waals surface area contributed by atoms with Crippen LogP contribution >= 0.6 is 0 Å². The largest absolute Gasteiger partial charge is 0.508 e. The van der Waals surface area contributed by atoms with Gasteiger partial charge in [-0.2, -0.15) is 0 Å². The molecular formula is C42H47N7O8. The minimum Gasteiger partial charge on any atom is -0.508 e. The number of phenols is 1. The maximum absolute atomic E-state index is 15.4. The Balaban J connectivity index is 1.21. The molecule has 15 nitrogen and oxygen atoms in total. The molecule has 298 valence electrons. The predicted molar refractivity (Wildman–Crippen MR) is 206 cm³/mol. The van der Waals surface area contributed by atoms with E-state index in [9.17, 15) is 34.2 Å². The first-order chi connectivity index (χ1) is 27.4. The second-order valence-electron chi connectivity index (χ2n) is 15.9. The van der Waals surface area contributed by atoms with E-state index >= 15 is 4.79 Å². The number of carbonyl (C=O) groups is 6. The van der Waals surface area contributed by atoms with Gasteiger partial charge in [-0.15, -0.1) is 0 Å². The molecule has 0 saturated carbocycles. The molecule has 5 heterocycles. The summed E-state index contributed by atoms with van der Waals surface area (Å²) in [7, 11) is 0. The van der Waals surface area contributed by atoms with Crippen molar-refractivity contribution in [2.75, 3.05) is 25.0 Å². The highest BCUT2D eigenvalue weighted by atomic mass is 16.3. The lowest BCUT2D eigenvalue weighted by molar-refractivity contribution is -0.153. The van der Waals surface area contributed by atoms with Gasteiger partial charge in [-0.1, -0.05) is 60.7 Å². The van der Waals surface area contributed by atoms with Crippen LogP contribution in [0.3, 0.4) is 0 Å². The number of anilines is 1. The molecule has 15 heteroatoms. The second-order valence-corrected chi connectivity index (χ2v) is 15.9. The van der Waals surface area contributed by atoms with E-state index in [1.807, 2.05) is 30.3 Å². The van der Waals surface area contributed by atoms with Crippen molar-refractivity contribution in [2.45, 2.75) is 93.3 Å². The molecule has 3 aromatic carbocycles. The van der Waals surface area contributed by atoms with Crippen LogP contribution in [0.1, 0.15) is 55.7 Å². The van der Waals surface area contributed by atoms with Gasteiger partial charge in [-0.25, -0.2) is 0 Å². The number of amides is 6. The lowest BCUT2D eigenvalue weighted by Gasteiger charge is -2.43. The molecule has 0 radical (unpaired) electrons. The van der Waals surface area contributed by atoms with Crippen LogP contribution in [0.5, 0.6) is 5.75 Å². The van der Waals surface area contributed by atoms with Gasteiger partial charge >= 0.3 is 0 Å². The lowest BCUT2D eigenvalue weighted by atomic mass is 9.85. The van der Waals surface area contributed by atoms with E-state index in [1.165, 1.54) is 26.8 Å². The Morgan fingerprint density at radius 1 is 0.684 bits per heavy atom. The molecule has 57 heavy (non-hydrogen) atoms. The highest BCUT2D eigenvalue weighted by Crippen LogP contribution is 2.56. The molecule has 0 aromatic heterocycles. The highest BCUT2D eigenvalue weighted by Gasteiger charge is 2.68. The Hall–Kier alpha value is -5.96. The molecule has 5 aliphatic heterocycles. The SMILES string of the molecule is C[C@@]12Nc3ccccc3[C@]1(O)C[C@H]1C(=O)N3CCC[C@H]3C(=O)NCC(=O)N[C@@H](Cc3ccccc3)C(=O)N3CCC[C@H]3C(=O)N[C@@H](Cc3ccc(O)cc3)C(=O)N12. The summed E-state index contributed by atoms with van der Waals surface area (Å²) in [4.78, 5) is 90.4. The summed E-state index contributed by atoms with van der Waals surface area (Å²) in [5.41, 5.74) is -0.850. The van der Waals surface area contributed by atoms with Gasteiger partial charge in [0, 0.05) is 43.6 Å². The molecule has 6 N–H and O–H groups in total. The first-order valence-electron chi connectivity index (χ1n) is 19.6. The van der Waals surface area contributed by atoms with Gasteiger partial charge in [0.1, 0.15) is 47.2 Å². The third-order valence-corrected chi connectivity index (χ3v) is 12.4. The Morgan fingerprint density at radius 2 is 1.28 bits per heavy atom. The van der Waals surface area contributed by atoms with Gasteiger partial charge in [-0.3, -0.25) is 28.8 Å². The zero-order valence-corrected chi connectivity index (χ0v) is 31.6. The number of hydrogen-bond donors (Lipinski definition) is 6. The van der Waals surface area contributed by atoms with E-state index in [2.05, 4.69) is 21.3 Å². The summed E-state index contributed by atoms with van der Waals surface area (Å²) >= 11 is 0. The topological polar surface area (TPSA) is 201 Å². The number of benzene rings is 3. The summed E-state index contributed by atoms with van der Waals surface area (Å²) in [6.07, 6.45) is 1.48. The Labute approximate surface area is 329 Å². The molecular weight excluding hydrogens is 731 g/mol. The van der Waals surface area contributed by atoms with Gasteiger partial charge < -0.3 is 46.2 Å². The van der Waals surface area contributed by atoms with Crippen LogP contribution in [0.15, 0.2) is 78.9 Å². The Morgan fingerprint density at radius 3 is 1.98 bits per heavy atom. The van der Waals surface area contributed by atoms with Crippen molar-refractivity contribution in [1.82, 2.24) is 30.7 Å². The number of aromatic hydroxyl groups is 1. The van der Waals surface area contributed by atoms with Gasteiger partial charge in [0.25, 0.3) is 0 Å². The quantitative estimate of drug-likeness (QED) is 0.223. The summed E-state index contributed by atoms with van der Waals surface area (Å²) in [5.74, 6) is -3.40. The van der Waals surface area contributed by atoms with Crippen LogP contribution in [0.25, 0.3) is 0 Å². The fraction of sp³-hybridized carbons (Fsp3) is 0.429. The van der Waals surface area contributed by atoms with Crippen LogP contribution < -0.4 is 21.3 Å². The molecule has 0 aliphatic carbocycles. The number of hydrogen-bond acceptors (Lipinski definition) is 9. The second kappa shape index (κ2) is 14.8. The van der Waals surface area contributed by atoms with Crippen molar-refractivity contribution in [3.63, 3.8) is 0 Å². The Kier molecular flexibility index (Phi) is 9.88. The van der Waals surface area contributed by atoms with Crippen molar-refractivity contribution < 1.29 is 39.0 Å². The van der Waals surface area contributed by atoms with E-state index in [4.69, 9.17) is 0 Å². The predicted octanol–water partition coefficient (Wildman–Crippen LogP) is 0.889. The number of rotatable bonds is 4. The van der Waals surface area contributed by atoms with Gasteiger partial charge in [0.2, 0.25) is 35.4 Å². The van der Waals surface area contributed by atoms with Crippen LogP contribution in [-0.4, -0.2) is 116 Å². The molecule has 5 aliphatic rings. The number of nitrogens with zero attached hydrogens (tertiary/aromatic N) is 3. The van der Waals surface area contributed by atoms with Crippen molar-refractivity contribution in [3.05, 3.63) is 95.6 Å². The number of phenolic OH excluding ortho intramolecular Hbond substituents is 1. The monoisotopic (exact) mass is 777 g/mol. The minimum atomic E-state index is -1.75. The van der Waals surface area contributed by atoms with Crippen molar-refractivity contribution in [1.29, 1.82) is 0 Å².